The number of aliphatic carboxylic acids is 4. The van der Waals surface area contributed by atoms with Crippen LogP contribution in [-0.4, -0.2) is 118 Å². The number of carboxylic acid groups (broad SMARTS) is 4. The van der Waals surface area contributed by atoms with Crippen molar-refractivity contribution < 1.29 is 82.5 Å². The number of nitrogens with one attached hydrogen (secondary N) is 6. The molecule has 14 N–H and O–H groups in total. The second kappa shape index (κ2) is 24.0. The van der Waals surface area contributed by atoms with Crippen molar-refractivity contribution in [1.29, 1.82) is 10.8 Å². The van der Waals surface area contributed by atoms with Crippen molar-refractivity contribution in [3.05, 3.63) is 107 Å². The number of rotatable bonds is 24. The molecule has 352 valence electrons. The zero-order valence-corrected chi connectivity index (χ0v) is 34.7. The Balaban J connectivity index is 1.44. The lowest BCUT2D eigenvalue weighted by Gasteiger charge is -2.15. The summed E-state index contributed by atoms with van der Waals surface area (Å²) in [7, 11) is 0. The highest BCUT2D eigenvalue weighted by Crippen LogP contribution is 2.26. The molecule has 25 nitrogen and oxygen atoms in total. The highest BCUT2D eigenvalue weighted by molar-refractivity contribution is 6.00. The molecule has 0 bridgehead atoms. The fraction of sp³-hybridized carbons (Fsp3) is 0.190. The molecule has 4 aromatic rings. The fourth-order valence-electron chi connectivity index (χ4n) is 5.48. The number of nitrogens with two attached hydrogens (primary N) is 2. The zero-order valence-electron chi connectivity index (χ0n) is 34.7. The standard InChI is InChI=1S/C42H42N8O17/c43-41(44)47-25-5-1-21(2-6-25)39(61)66-29-15-23(35(55)49-31(37(57)58)19-33(51)52)13-27(17-29)64-11-9-63-10-12-65-28-14-24(36(56)50-32(38(59)60)20-34(53)54)16-30(18-28)67-40(62)22-3-7-26(8-4-22)48-42(45)46/h1-8,13-18,31-32H,9-12,19-20H2,(H,49,55)(H,50,56)(H,51,52)(H,53,54)(H,57,58)(H,59,60)(H4,43,44,47)(H4,45,46,48)/t31-,32-/m0/s1. The molecule has 4 rings (SSSR count). The van der Waals surface area contributed by atoms with E-state index in [9.17, 15) is 48.6 Å². The van der Waals surface area contributed by atoms with Crippen LogP contribution in [-0.2, 0) is 23.9 Å². The van der Waals surface area contributed by atoms with Crippen LogP contribution in [0.4, 0.5) is 11.4 Å². The minimum absolute atomic E-state index is 0.0515. The molecule has 0 spiro atoms. The zero-order chi connectivity index (χ0) is 49.2. The maximum Gasteiger partial charge on any atom is 0.343 e. The van der Waals surface area contributed by atoms with Gasteiger partial charge in [-0.2, -0.15) is 0 Å². The quantitative estimate of drug-likeness (QED) is 0.0156. The van der Waals surface area contributed by atoms with E-state index in [0.29, 0.717) is 11.4 Å². The molecule has 0 aliphatic heterocycles. The van der Waals surface area contributed by atoms with E-state index in [1.807, 2.05) is 0 Å². The molecular weight excluding hydrogens is 889 g/mol. The maximum atomic E-state index is 13.1. The van der Waals surface area contributed by atoms with Gasteiger partial charge in [0.1, 0.15) is 48.3 Å². The van der Waals surface area contributed by atoms with Gasteiger partial charge >= 0.3 is 35.8 Å². The number of amides is 2. The first-order chi connectivity index (χ1) is 31.8. The van der Waals surface area contributed by atoms with Gasteiger partial charge in [0.25, 0.3) is 11.8 Å². The summed E-state index contributed by atoms with van der Waals surface area (Å²) in [5.41, 5.74) is 11.0. The Morgan fingerprint density at radius 1 is 0.493 bits per heavy atom. The molecule has 0 aromatic heterocycles. The molecule has 0 saturated carbocycles. The number of esters is 2. The summed E-state index contributed by atoms with van der Waals surface area (Å²) in [6.07, 6.45) is -1.88. The van der Waals surface area contributed by atoms with Crippen molar-refractivity contribution in [3.8, 4) is 23.0 Å². The number of carboxylic acids is 4. The van der Waals surface area contributed by atoms with Crippen LogP contribution < -0.4 is 51.7 Å². The Morgan fingerprint density at radius 2 is 0.836 bits per heavy atom. The van der Waals surface area contributed by atoms with Crippen molar-refractivity contribution in [1.82, 2.24) is 10.6 Å². The Morgan fingerprint density at radius 3 is 1.15 bits per heavy atom. The first kappa shape index (κ1) is 50.4. The van der Waals surface area contributed by atoms with E-state index in [1.165, 1.54) is 72.8 Å². The van der Waals surface area contributed by atoms with Crippen molar-refractivity contribution in [2.24, 2.45) is 11.5 Å². The average molecular weight is 931 g/mol. The van der Waals surface area contributed by atoms with E-state index in [0.717, 1.165) is 12.1 Å². The van der Waals surface area contributed by atoms with Crippen LogP contribution in [0.2, 0.25) is 0 Å². The highest BCUT2D eigenvalue weighted by atomic mass is 16.6. The molecule has 0 saturated heterocycles. The van der Waals surface area contributed by atoms with Gasteiger partial charge in [0.2, 0.25) is 0 Å². The molecule has 0 radical (unpaired) electrons. The number of carbonyl (C=O) groups is 8. The molecule has 2 atom stereocenters. The molecule has 0 unspecified atom stereocenters. The molecule has 67 heavy (non-hydrogen) atoms. The molecule has 4 aromatic carbocycles. The second-order valence-corrected chi connectivity index (χ2v) is 13.6. The van der Waals surface area contributed by atoms with Crippen molar-refractivity contribution in [3.63, 3.8) is 0 Å². The smallest absolute Gasteiger partial charge is 0.343 e. The van der Waals surface area contributed by atoms with Crippen LogP contribution in [0.1, 0.15) is 54.3 Å². The molecular formula is C42H42N8O17. The molecule has 0 heterocycles. The van der Waals surface area contributed by atoms with Gasteiger partial charge < -0.3 is 76.8 Å². The molecule has 0 aliphatic rings. The third-order valence-corrected chi connectivity index (χ3v) is 8.46. The normalized spacial score (nSPS) is 11.3. The number of carbonyl (C=O) groups excluding carboxylic acids is 4. The minimum atomic E-state index is -1.81. The Bertz CT molecular complexity index is 2360. The lowest BCUT2D eigenvalue weighted by atomic mass is 10.1. The van der Waals surface area contributed by atoms with Gasteiger partial charge in [-0.3, -0.25) is 30.0 Å². The first-order valence-corrected chi connectivity index (χ1v) is 19.3. The monoisotopic (exact) mass is 930 g/mol. The number of benzene rings is 4. The SMILES string of the molecule is N=C(N)Nc1ccc(C(=O)Oc2cc(OCCOCCOc3cc(OC(=O)c4ccc(NC(=N)N)cc4)cc(C(=O)N[C@@H](CC(=O)O)C(=O)O)c3)cc(C(=O)N[C@@H](CC(=O)O)C(=O)O)c2)cc1. The van der Waals surface area contributed by atoms with Crippen LogP contribution >= 0.6 is 0 Å². The Hall–Kier alpha value is -9.26. The van der Waals surface area contributed by atoms with Gasteiger partial charge in [0.15, 0.2) is 11.9 Å². The summed E-state index contributed by atoms with van der Waals surface area (Å²) in [4.78, 5) is 97.8. The van der Waals surface area contributed by atoms with Gasteiger partial charge in [0, 0.05) is 34.6 Å². The van der Waals surface area contributed by atoms with Gasteiger partial charge in [0.05, 0.1) is 37.2 Å². The van der Waals surface area contributed by atoms with E-state index >= 15 is 0 Å². The number of hydrogen-bond donors (Lipinski definition) is 12. The Kier molecular flexibility index (Phi) is 18.0. The van der Waals surface area contributed by atoms with E-state index in [4.69, 9.17) is 56.2 Å². The third kappa shape index (κ3) is 16.8. The van der Waals surface area contributed by atoms with Gasteiger partial charge in [-0.25, -0.2) is 19.2 Å². The van der Waals surface area contributed by atoms with E-state index in [2.05, 4.69) is 21.3 Å². The van der Waals surface area contributed by atoms with Crippen LogP contribution in [0.5, 0.6) is 23.0 Å². The Labute approximate surface area is 377 Å². The predicted octanol–water partition coefficient (Wildman–Crippen LogP) is 1.53. The second-order valence-electron chi connectivity index (χ2n) is 13.6. The van der Waals surface area contributed by atoms with Gasteiger partial charge in [-0.1, -0.05) is 0 Å². The summed E-state index contributed by atoms with van der Waals surface area (Å²) in [6, 6.07) is 14.7. The number of ether oxygens (including phenoxy) is 5. The number of hydrogen-bond acceptors (Lipinski definition) is 15. The third-order valence-electron chi connectivity index (χ3n) is 8.46. The summed E-state index contributed by atoms with van der Waals surface area (Å²) in [6.45, 7) is -0.631. The van der Waals surface area contributed by atoms with Crippen molar-refractivity contribution in [2.45, 2.75) is 24.9 Å². The minimum Gasteiger partial charge on any atom is -0.491 e. The average Bonchev–Trinajstić information content (AvgIpc) is 3.25. The largest absolute Gasteiger partial charge is 0.491 e. The van der Waals surface area contributed by atoms with Gasteiger partial charge in [-0.15, -0.1) is 0 Å². The molecule has 2 amide bonds. The molecule has 0 fully saturated rings. The van der Waals surface area contributed by atoms with E-state index in [-0.39, 0.29) is 83.6 Å². The van der Waals surface area contributed by atoms with E-state index in [1.54, 1.807) is 0 Å². The number of guanidine groups is 2. The van der Waals surface area contributed by atoms with Crippen LogP contribution in [0, 0.1) is 10.8 Å². The summed E-state index contributed by atoms with van der Waals surface area (Å²) in [5.74, 6) is -11.3. The fourth-order valence-corrected chi connectivity index (χ4v) is 5.48. The molecule has 25 heteroatoms. The lowest BCUT2D eigenvalue weighted by Crippen LogP contribution is -2.42. The van der Waals surface area contributed by atoms with Crippen LogP contribution in [0.3, 0.4) is 0 Å². The predicted molar refractivity (Wildman–Crippen MR) is 231 cm³/mol. The van der Waals surface area contributed by atoms with Crippen LogP contribution in [0.15, 0.2) is 84.9 Å². The topological polar surface area (TPSA) is 411 Å². The first-order valence-electron chi connectivity index (χ1n) is 19.3. The maximum absolute atomic E-state index is 13.1. The molecule has 0 aliphatic carbocycles. The van der Waals surface area contributed by atoms with E-state index < -0.39 is 72.6 Å². The van der Waals surface area contributed by atoms with Crippen molar-refractivity contribution in [2.75, 3.05) is 37.1 Å². The summed E-state index contributed by atoms with van der Waals surface area (Å²) >= 11 is 0. The van der Waals surface area contributed by atoms with Gasteiger partial charge in [-0.05, 0) is 72.8 Å². The number of anilines is 2. The van der Waals surface area contributed by atoms with Crippen LogP contribution in [0.25, 0.3) is 0 Å². The lowest BCUT2D eigenvalue weighted by molar-refractivity contribution is -0.145. The van der Waals surface area contributed by atoms with Crippen molar-refractivity contribution >= 4 is 70.9 Å². The summed E-state index contributed by atoms with van der Waals surface area (Å²) < 4.78 is 27.9. The summed E-state index contributed by atoms with van der Waals surface area (Å²) in [5, 5.41) is 61.0. The highest BCUT2D eigenvalue weighted by Gasteiger charge is 2.26.